The van der Waals surface area contributed by atoms with Crippen molar-refractivity contribution >= 4 is 17.7 Å². The van der Waals surface area contributed by atoms with E-state index in [1.807, 2.05) is 37.3 Å². The molecule has 2 aromatic carbocycles. The highest BCUT2D eigenvalue weighted by Crippen LogP contribution is 2.60. The molecule has 4 saturated carbocycles. The molecule has 4 fully saturated rings. The number of rotatable bonds is 9. The molecule has 6 nitrogen and oxygen atoms in total. The number of benzene rings is 2. The van der Waals surface area contributed by atoms with Gasteiger partial charge in [-0.15, -0.1) is 10.2 Å². The van der Waals surface area contributed by atoms with Gasteiger partial charge in [0.25, 0.3) is 0 Å². The Balaban J connectivity index is 1.24. The summed E-state index contributed by atoms with van der Waals surface area (Å²) in [6.07, 6.45) is 7.18. The van der Waals surface area contributed by atoms with E-state index in [2.05, 4.69) is 51.3 Å². The van der Waals surface area contributed by atoms with Crippen molar-refractivity contribution < 1.29 is 9.53 Å². The maximum Gasteiger partial charge on any atom is 0.226 e. The predicted octanol–water partition coefficient (Wildman–Crippen LogP) is 6.35. The molecule has 1 unspecified atom stereocenters. The van der Waals surface area contributed by atoms with Gasteiger partial charge >= 0.3 is 0 Å². The van der Waals surface area contributed by atoms with Gasteiger partial charge < -0.3 is 10.1 Å². The lowest BCUT2D eigenvalue weighted by Crippen LogP contribution is -2.53. The molecule has 0 saturated heterocycles. The molecule has 4 aliphatic rings. The van der Waals surface area contributed by atoms with Gasteiger partial charge in [-0.3, -0.25) is 9.36 Å². The van der Waals surface area contributed by atoms with Crippen molar-refractivity contribution in [3.63, 3.8) is 0 Å². The van der Waals surface area contributed by atoms with E-state index in [4.69, 9.17) is 4.74 Å². The summed E-state index contributed by atoms with van der Waals surface area (Å²) in [6.45, 7) is 5.17. The lowest BCUT2D eigenvalue weighted by atomic mass is 9.49. The molecule has 1 atom stereocenters. The summed E-state index contributed by atoms with van der Waals surface area (Å²) < 4.78 is 7.74. The Labute approximate surface area is 223 Å². The second-order valence-corrected chi connectivity index (χ2v) is 12.5. The third kappa shape index (κ3) is 4.90. The van der Waals surface area contributed by atoms with Crippen molar-refractivity contribution in [2.45, 2.75) is 69.3 Å². The van der Waals surface area contributed by atoms with Crippen LogP contribution in [-0.4, -0.2) is 27.3 Å². The van der Waals surface area contributed by atoms with Gasteiger partial charge in [0.15, 0.2) is 11.0 Å². The molecule has 1 amide bonds. The van der Waals surface area contributed by atoms with Crippen LogP contribution in [0.3, 0.4) is 0 Å². The summed E-state index contributed by atoms with van der Waals surface area (Å²) in [6, 6.07) is 18.5. The Hall–Kier alpha value is -2.80. The Morgan fingerprint density at radius 3 is 2.30 bits per heavy atom. The van der Waals surface area contributed by atoms with Crippen molar-refractivity contribution in [2.75, 3.05) is 6.61 Å². The minimum absolute atomic E-state index is 0.169. The van der Waals surface area contributed by atoms with Crippen LogP contribution in [0.5, 0.6) is 5.75 Å². The molecule has 0 radical (unpaired) electrons. The quantitative estimate of drug-likeness (QED) is 0.336. The molecule has 4 aliphatic carbocycles. The summed E-state index contributed by atoms with van der Waals surface area (Å²) >= 11 is 1.68. The molecule has 194 valence electrons. The van der Waals surface area contributed by atoms with Crippen LogP contribution in [0.1, 0.15) is 69.0 Å². The molecule has 1 N–H and O–H groups in total. The van der Waals surface area contributed by atoms with Crippen molar-refractivity contribution in [3.05, 3.63) is 66.0 Å². The summed E-state index contributed by atoms with van der Waals surface area (Å²) in [5.74, 6) is 4.04. The first-order valence-electron chi connectivity index (χ1n) is 13.7. The van der Waals surface area contributed by atoms with Gasteiger partial charge in [0.1, 0.15) is 5.75 Å². The van der Waals surface area contributed by atoms with Crippen LogP contribution in [0, 0.1) is 23.2 Å². The molecule has 1 aromatic heterocycles. The van der Waals surface area contributed by atoms with E-state index in [0.717, 1.165) is 59.4 Å². The highest BCUT2D eigenvalue weighted by Gasteiger charge is 2.54. The summed E-state index contributed by atoms with van der Waals surface area (Å²) in [4.78, 5) is 13.6. The van der Waals surface area contributed by atoms with Crippen LogP contribution in [0.2, 0.25) is 0 Å². The zero-order chi connectivity index (χ0) is 25.4. The summed E-state index contributed by atoms with van der Waals surface area (Å²) in [5.41, 5.74) is 2.04. The van der Waals surface area contributed by atoms with E-state index in [9.17, 15) is 4.79 Å². The van der Waals surface area contributed by atoms with Crippen molar-refractivity contribution in [1.82, 2.24) is 20.1 Å². The molecule has 4 bridgehead atoms. The number of carbonyl (C=O) groups is 1. The van der Waals surface area contributed by atoms with Crippen LogP contribution in [-0.2, 0) is 11.3 Å². The fourth-order valence-corrected chi connectivity index (χ4v) is 8.31. The summed E-state index contributed by atoms with van der Waals surface area (Å²) in [5, 5.41) is 13.5. The monoisotopic (exact) mass is 516 g/mol. The van der Waals surface area contributed by atoms with Crippen LogP contribution >= 0.6 is 11.8 Å². The summed E-state index contributed by atoms with van der Waals surface area (Å²) in [7, 11) is 0. The first kappa shape index (κ1) is 24.5. The molecule has 7 heteroatoms. The first-order chi connectivity index (χ1) is 18.0. The molecule has 0 aliphatic heterocycles. The number of ether oxygens (including phenoxy) is 1. The number of nitrogens with zero attached hydrogens (tertiary/aromatic N) is 3. The molecule has 3 aromatic rings. The Bertz CT molecular complexity index is 1200. The van der Waals surface area contributed by atoms with Crippen LogP contribution < -0.4 is 10.1 Å². The number of thioether (sulfide) groups is 1. The average molecular weight is 517 g/mol. The van der Waals surface area contributed by atoms with E-state index in [1.165, 1.54) is 24.8 Å². The maximum atomic E-state index is 13.6. The third-order valence-electron chi connectivity index (χ3n) is 8.58. The predicted molar refractivity (Wildman–Crippen MR) is 146 cm³/mol. The maximum absolute atomic E-state index is 13.6. The molecule has 37 heavy (non-hydrogen) atoms. The largest absolute Gasteiger partial charge is 0.494 e. The Morgan fingerprint density at radius 1 is 1.03 bits per heavy atom. The number of carbonyl (C=O) groups excluding carboxylic acids is 1. The van der Waals surface area contributed by atoms with Gasteiger partial charge in [0, 0.05) is 16.4 Å². The van der Waals surface area contributed by atoms with E-state index >= 15 is 0 Å². The van der Waals surface area contributed by atoms with Gasteiger partial charge in [-0.25, -0.2) is 0 Å². The molecular formula is C30H36N4O2S. The van der Waals surface area contributed by atoms with Gasteiger partial charge in [-0.05, 0) is 100.0 Å². The molecular weight excluding hydrogens is 480 g/mol. The number of nitrogens with one attached hydrogen (secondary N) is 1. The topological polar surface area (TPSA) is 69.0 Å². The fraction of sp³-hybridized carbons (Fsp3) is 0.500. The minimum Gasteiger partial charge on any atom is -0.494 e. The minimum atomic E-state index is -0.169. The van der Waals surface area contributed by atoms with Gasteiger partial charge in [-0.2, -0.15) is 0 Å². The van der Waals surface area contributed by atoms with Gasteiger partial charge in [-0.1, -0.05) is 42.1 Å². The lowest BCUT2D eigenvalue weighted by Gasteiger charge is -2.55. The van der Waals surface area contributed by atoms with E-state index in [1.54, 1.807) is 11.8 Å². The van der Waals surface area contributed by atoms with E-state index in [0.29, 0.717) is 13.2 Å². The van der Waals surface area contributed by atoms with Crippen LogP contribution in [0.4, 0.5) is 0 Å². The highest BCUT2D eigenvalue weighted by atomic mass is 32.2. The van der Waals surface area contributed by atoms with Gasteiger partial charge in [0.05, 0.1) is 13.2 Å². The van der Waals surface area contributed by atoms with Crippen LogP contribution in [0.15, 0.2) is 59.8 Å². The fourth-order valence-electron chi connectivity index (χ4n) is 7.29. The molecule has 0 spiro atoms. The highest BCUT2D eigenvalue weighted by molar-refractivity contribution is 7.99. The molecule has 7 rings (SSSR count). The standard InChI is InChI=1S/C30H36N4O2S/c1-3-36-26-11-9-25(10-12-26)34-27(32-33-29(34)37-20(2)24-7-5-4-6-8-24)19-31-28(35)30-16-21-13-22(17-30)15-23(14-21)18-30/h4-12,20-23H,3,13-19H2,1-2H3,(H,31,35). The number of hydrogen-bond donors (Lipinski definition) is 1. The zero-order valence-electron chi connectivity index (χ0n) is 21.7. The smallest absolute Gasteiger partial charge is 0.226 e. The van der Waals surface area contributed by atoms with Crippen molar-refractivity contribution in [1.29, 1.82) is 0 Å². The third-order valence-corrected chi connectivity index (χ3v) is 9.69. The second kappa shape index (κ2) is 10.2. The first-order valence-corrected chi connectivity index (χ1v) is 14.6. The van der Waals surface area contributed by atoms with Crippen LogP contribution in [0.25, 0.3) is 5.69 Å². The van der Waals surface area contributed by atoms with E-state index in [-0.39, 0.29) is 16.6 Å². The average Bonchev–Trinajstić information content (AvgIpc) is 3.29. The van der Waals surface area contributed by atoms with Crippen molar-refractivity contribution in [3.8, 4) is 11.4 Å². The number of amides is 1. The SMILES string of the molecule is CCOc1ccc(-n2c(CNC(=O)C34CC5CC(CC(C5)C3)C4)nnc2SC(C)c2ccccc2)cc1. The molecule has 1 heterocycles. The lowest BCUT2D eigenvalue weighted by molar-refractivity contribution is -0.146. The van der Waals surface area contributed by atoms with E-state index < -0.39 is 0 Å². The Kier molecular flexibility index (Phi) is 6.74. The Morgan fingerprint density at radius 2 is 1.68 bits per heavy atom. The van der Waals surface area contributed by atoms with Gasteiger partial charge in [0.2, 0.25) is 5.91 Å². The van der Waals surface area contributed by atoms with Crippen molar-refractivity contribution in [2.24, 2.45) is 23.2 Å². The number of aromatic nitrogens is 3. The number of hydrogen-bond acceptors (Lipinski definition) is 5. The second-order valence-electron chi connectivity index (χ2n) is 11.2. The normalized spacial score (nSPS) is 26.7. The zero-order valence-corrected chi connectivity index (χ0v) is 22.5.